The highest BCUT2D eigenvalue weighted by Crippen LogP contribution is 2.21. The van der Waals surface area contributed by atoms with Gasteiger partial charge in [0, 0.05) is 18.3 Å². The van der Waals surface area contributed by atoms with Crippen molar-refractivity contribution >= 4 is 17.7 Å². The Hall–Kier alpha value is -3.80. The number of hydrogen-bond acceptors (Lipinski definition) is 4. The number of rotatable bonds is 6. The lowest BCUT2D eigenvalue weighted by Crippen LogP contribution is -2.28. The van der Waals surface area contributed by atoms with Gasteiger partial charge in [-0.25, -0.2) is 0 Å². The molecule has 3 aromatic rings. The maximum atomic E-state index is 12.5. The highest BCUT2D eigenvalue weighted by atomic mass is 16.6. The fraction of sp³-hybridized carbons (Fsp3) is 0.0476. The van der Waals surface area contributed by atoms with E-state index in [1.165, 1.54) is 18.2 Å². The van der Waals surface area contributed by atoms with Gasteiger partial charge in [-0.05, 0) is 29.8 Å². The van der Waals surface area contributed by atoms with E-state index in [4.69, 9.17) is 0 Å². The third kappa shape index (κ3) is 4.64. The zero-order chi connectivity index (χ0) is 19.1. The lowest BCUT2D eigenvalue weighted by molar-refractivity contribution is -0.385. The molecule has 1 heterocycles. The predicted molar refractivity (Wildman–Crippen MR) is 103 cm³/mol. The summed E-state index contributed by atoms with van der Waals surface area (Å²) in [7, 11) is 0. The highest BCUT2D eigenvalue weighted by Gasteiger charge is 2.17. The molecule has 1 aromatic heterocycles. The molecule has 3 rings (SSSR count). The number of nitrogens with zero attached hydrogens (tertiary/aromatic N) is 2. The van der Waals surface area contributed by atoms with Gasteiger partial charge in [-0.2, -0.15) is 0 Å². The van der Waals surface area contributed by atoms with Crippen LogP contribution < -0.4 is 5.32 Å². The Kier molecular flexibility index (Phi) is 5.69. The Morgan fingerprint density at radius 3 is 2.41 bits per heavy atom. The molecule has 0 aliphatic rings. The number of nitro benzene ring substituents is 1. The van der Waals surface area contributed by atoms with Crippen molar-refractivity contribution in [2.45, 2.75) is 6.04 Å². The monoisotopic (exact) mass is 359 g/mol. The van der Waals surface area contributed by atoms with Crippen LogP contribution >= 0.6 is 0 Å². The van der Waals surface area contributed by atoms with Crippen LogP contribution in [0.5, 0.6) is 0 Å². The fourth-order valence-corrected chi connectivity index (χ4v) is 2.67. The normalized spacial score (nSPS) is 11.9. The van der Waals surface area contributed by atoms with Crippen molar-refractivity contribution in [1.29, 1.82) is 0 Å². The van der Waals surface area contributed by atoms with E-state index in [1.807, 2.05) is 48.5 Å². The number of para-hydroxylation sites is 1. The Morgan fingerprint density at radius 2 is 1.70 bits per heavy atom. The summed E-state index contributed by atoms with van der Waals surface area (Å²) in [4.78, 5) is 27.4. The van der Waals surface area contributed by atoms with Crippen LogP contribution in [0.4, 0.5) is 5.69 Å². The van der Waals surface area contributed by atoms with Crippen LogP contribution in [0.2, 0.25) is 0 Å². The molecule has 0 radical (unpaired) electrons. The van der Waals surface area contributed by atoms with E-state index in [1.54, 1.807) is 24.4 Å². The zero-order valence-corrected chi connectivity index (χ0v) is 14.4. The molecule has 1 amide bonds. The zero-order valence-electron chi connectivity index (χ0n) is 14.4. The van der Waals surface area contributed by atoms with Crippen molar-refractivity contribution in [2.24, 2.45) is 0 Å². The van der Waals surface area contributed by atoms with E-state index in [0.29, 0.717) is 11.3 Å². The first-order chi connectivity index (χ1) is 13.1. The quantitative estimate of drug-likeness (QED) is 0.411. The summed E-state index contributed by atoms with van der Waals surface area (Å²) in [5, 5.41) is 14.0. The van der Waals surface area contributed by atoms with Gasteiger partial charge in [0.2, 0.25) is 5.91 Å². The van der Waals surface area contributed by atoms with Crippen molar-refractivity contribution in [1.82, 2.24) is 10.3 Å². The molecule has 0 bridgehead atoms. The maximum absolute atomic E-state index is 12.5. The van der Waals surface area contributed by atoms with Crippen LogP contribution in [0.15, 0.2) is 85.1 Å². The van der Waals surface area contributed by atoms with Crippen LogP contribution in [-0.2, 0) is 4.79 Å². The van der Waals surface area contributed by atoms with Gasteiger partial charge in [-0.3, -0.25) is 19.9 Å². The maximum Gasteiger partial charge on any atom is 0.276 e. The molecule has 27 heavy (non-hydrogen) atoms. The largest absolute Gasteiger partial charge is 0.340 e. The van der Waals surface area contributed by atoms with Gasteiger partial charge < -0.3 is 5.32 Å². The second kappa shape index (κ2) is 8.53. The van der Waals surface area contributed by atoms with Crippen LogP contribution in [0.1, 0.15) is 22.9 Å². The molecule has 1 N–H and O–H groups in total. The molecule has 1 unspecified atom stereocenters. The first kappa shape index (κ1) is 18.0. The van der Waals surface area contributed by atoms with E-state index in [9.17, 15) is 14.9 Å². The van der Waals surface area contributed by atoms with Crippen molar-refractivity contribution in [2.75, 3.05) is 0 Å². The lowest BCUT2D eigenvalue weighted by Gasteiger charge is -2.17. The number of pyridine rings is 1. The number of benzene rings is 2. The van der Waals surface area contributed by atoms with Gasteiger partial charge >= 0.3 is 0 Å². The van der Waals surface area contributed by atoms with Gasteiger partial charge in [0.1, 0.15) is 0 Å². The number of aromatic nitrogens is 1. The Morgan fingerprint density at radius 1 is 1.00 bits per heavy atom. The van der Waals surface area contributed by atoms with Gasteiger partial charge in [0.15, 0.2) is 0 Å². The SMILES string of the molecule is O=C(/C=C/c1ccccc1[N+](=O)[O-])NC(c1ccccc1)c1ccccn1. The molecule has 6 nitrogen and oxygen atoms in total. The molecule has 0 saturated carbocycles. The van der Waals surface area contributed by atoms with E-state index in [-0.39, 0.29) is 11.6 Å². The standard InChI is InChI=1S/C21H17N3O3/c25-20(14-13-16-8-4-5-12-19(16)24(26)27)23-21(17-9-2-1-3-10-17)18-11-6-7-15-22-18/h1-15,21H,(H,23,25)/b14-13+. The summed E-state index contributed by atoms with van der Waals surface area (Å²) in [6.45, 7) is 0. The van der Waals surface area contributed by atoms with Crippen LogP contribution in [0.3, 0.4) is 0 Å². The summed E-state index contributed by atoms with van der Waals surface area (Å²) in [5.74, 6) is -0.368. The number of hydrogen-bond donors (Lipinski definition) is 1. The number of nitro groups is 1. The Labute approximate surface area is 156 Å². The van der Waals surface area contributed by atoms with E-state index >= 15 is 0 Å². The van der Waals surface area contributed by atoms with E-state index in [2.05, 4.69) is 10.3 Å². The molecular formula is C21H17N3O3. The van der Waals surface area contributed by atoms with Crippen molar-refractivity contribution in [3.05, 3.63) is 112 Å². The van der Waals surface area contributed by atoms with Gasteiger partial charge in [-0.15, -0.1) is 0 Å². The van der Waals surface area contributed by atoms with Crippen molar-refractivity contribution in [3.8, 4) is 0 Å². The molecular weight excluding hydrogens is 342 g/mol. The first-order valence-electron chi connectivity index (χ1n) is 8.33. The minimum Gasteiger partial charge on any atom is -0.340 e. The molecule has 2 aromatic carbocycles. The van der Waals surface area contributed by atoms with Crippen LogP contribution in [0, 0.1) is 10.1 Å². The molecule has 0 spiro atoms. The fourth-order valence-electron chi connectivity index (χ4n) is 2.67. The second-order valence-corrected chi connectivity index (χ2v) is 5.76. The van der Waals surface area contributed by atoms with Crippen molar-refractivity contribution in [3.63, 3.8) is 0 Å². The third-order valence-electron chi connectivity index (χ3n) is 3.95. The predicted octanol–water partition coefficient (Wildman–Crippen LogP) is 3.91. The molecule has 1 atom stereocenters. The summed E-state index contributed by atoms with van der Waals surface area (Å²) in [5.41, 5.74) is 1.91. The summed E-state index contributed by atoms with van der Waals surface area (Å²) in [6, 6.07) is 20.8. The summed E-state index contributed by atoms with van der Waals surface area (Å²) >= 11 is 0. The second-order valence-electron chi connectivity index (χ2n) is 5.76. The van der Waals surface area contributed by atoms with Gasteiger partial charge in [-0.1, -0.05) is 48.5 Å². The number of carbonyl (C=O) groups excluding carboxylic acids is 1. The van der Waals surface area contributed by atoms with Crippen LogP contribution in [0.25, 0.3) is 6.08 Å². The Bertz CT molecular complexity index is 917. The van der Waals surface area contributed by atoms with Crippen LogP contribution in [-0.4, -0.2) is 15.8 Å². The molecule has 0 fully saturated rings. The highest BCUT2D eigenvalue weighted by molar-refractivity contribution is 5.92. The average molecular weight is 359 g/mol. The average Bonchev–Trinajstić information content (AvgIpc) is 2.72. The molecule has 0 aliphatic heterocycles. The van der Waals surface area contributed by atoms with Gasteiger partial charge in [0.05, 0.1) is 22.2 Å². The third-order valence-corrected chi connectivity index (χ3v) is 3.95. The molecule has 0 saturated heterocycles. The summed E-state index contributed by atoms with van der Waals surface area (Å²) in [6.07, 6.45) is 4.40. The number of carbonyl (C=O) groups is 1. The molecule has 6 heteroatoms. The number of amides is 1. The minimum atomic E-state index is -0.474. The minimum absolute atomic E-state index is 0.0501. The van der Waals surface area contributed by atoms with E-state index in [0.717, 1.165) is 5.56 Å². The van der Waals surface area contributed by atoms with Crippen molar-refractivity contribution < 1.29 is 9.72 Å². The topological polar surface area (TPSA) is 85.1 Å². The lowest BCUT2D eigenvalue weighted by atomic mass is 10.0. The summed E-state index contributed by atoms with van der Waals surface area (Å²) < 4.78 is 0. The van der Waals surface area contributed by atoms with Gasteiger partial charge in [0.25, 0.3) is 5.69 Å². The van der Waals surface area contributed by atoms with E-state index < -0.39 is 11.0 Å². The number of nitrogens with one attached hydrogen (secondary N) is 1. The molecule has 134 valence electrons. The Balaban J connectivity index is 1.83. The molecule has 0 aliphatic carbocycles. The first-order valence-corrected chi connectivity index (χ1v) is 8.33. The smallest absolute Gasteiger partial charge is 0.276 e.